The summed E-state index contributed by atoms with van der Waals surface area (Å²) in [5, 5.41) is 1.03. The summed E-state index contributed by atoms with van der Waals surface area (Å²) >= 11 is 1.67. The molecule has 0 atom stereocenters. The van der Waals surface area contributed by atoms with Gasteiger partial charge in [-0.1, -0.05) is 6.92 Å². The van der Waals surface area contributed by atoms with E-state index in [0.29, 0.717) is 5.82 Å². The van der Waals surface area contributed by atoms with Crippen LogP contribution in [0, 0.1) is 13.8 Å². The average molecular weight is 262 g/mol. The van der Waals surface area contributed by atoms with Crippen LogP contribution in [0.1, 0.15) is 18.1 Å². The number of thioether (sulfide) groups is 1. The number of hydrogen-bond donors (Lipinski definition) is 1. The first kappa shape index (κ1) is 13.0. The highest BCUT2D eigenvalue weighted by molar-refractivity contribution is 7.99. The number of anilines is 1. The van der Waals surface area contributed by atoms with Crippen LogP contribution in [0.25, 0.3) is 10.9 Å². The molecule has 2 rings (SSSR count). The zero-order valence-electron chi connectivity index (χ0n) is 11.2. The molecule has 0 unspecified atom stereocenters. The number of methoxy groups -OCH3 is 1. The van der Waals surface area contributed by atoms with E-state index >= 15 is 0 Å². The van der Waals surface area contributed by atoms with E-state index < -0.39 is 0 Å². The van der Waals surface area contributed by atoms with Gasteiger partial charge in [0.05, 0.1) is 17.5 Å². The molecular weight excluding hydrogens is 244 g/mol. The molecule has 1 aromatic heterocycles. The van der Waals surface area contributed by atoms with Crippen LogP contribution in [-0.4, -0.2) is 17.8 Å². The number of pyridine rings is 1. The Balaban J connectivity index is 2.80. The van der Waals surface area contributed by atoms with E-state index in [2.05, 4.69) is 37.9 Å². The summed E-state index contributed by atoms with van der Waals surface area (Å²) in [6.45, 7) is 6.26. The van der Waals surface area contributed by atoms with Crippen LogP contribution in [0.2, 0.25) is 0 Å². The summed E-state index contributed by atoms with van der Waals surface area (Å²) in [4.78, 5) is 5.42. The molecular formula is C14H18N2OS. The Morgan fingerprint density at radius 3 is 2.56 bits per heavy atom. The van der Waals surface area contributed by atoms with Gasteiger partial charge in [-0.05, 0) is 42.9 Å². The first-order valence-corrected chi connectivity index (χ1v) is 6.94. The van der Waals surface area contributed by atoms with Crippen molar-refractivity contribution in [2.45, 2.75) is 25.7 Å². The fourth-order valence-corrected chi connectivity index (χ4v) is 2.79. The van der Waals surface area contributed by atoms with Crippen molar-refractivity contribution in [1.82, 2.24) is 4.98 Å². The molecule has 0 saturated carbocycles. The summed E-state index contributed by atoms with van der Waals surface area (Å²) in [5.74, 6) is 2.33. The van der Waals surface area contributed by atoms with Gasteiger partial charge in [-0.25, -0.2) is 4.98 Å². The lowest BCUT2D eigenvalue weighted by Crippen LogP contribution is -1.99. The van der Waals surface area contributed by atoms with Gasteiger partial charge < -0.3 is 10.5 Å². The summed E-state index contributed by atoms with van der Waals surface area (Å²) in [6.07, 6.45) is 0. The fraction of sp³-hybridized carbons (Fsp3) is 0.357. The summed E-state index contributed by atoms with van der Waals surface area (Å²) < 4.78 is 5.55. The molecule has 3 nitrogen and oxygen atoms in total. The van der Waals surface area contributed by atoms with E-state index in [0.717, 1.165) is 27.3 Å². The Hall–Kier alpha value is -1.42. The van der Waals surface area contributed by atoms with Gasteiger partial charge in [-0.15, -0.1) is 11.8 Å². The molecule has 0 saturated heterocycles. The Morgan fingerprint density at radius 1 is 1.28 bits per heavy atom. The number of aromatic nitrogens is 1. The van der Waals surface area contributed by atoms with Crippen molar-refractivity contribution in [1.29, 1.82) is 0 Å². The first-order chi connectivity index (χ1) is 8.58. The maximum Gasteiger partial charge on any atom is 0.145 e. The Labute approximate surface area is 112 Å². The van der Waals surface area contributed by atoms with Crippen molar-refractivity contribution in [3.63, 3.8) is 0 Å². The molecule has 0 bridgehead atoms. The number of nitrogens with two attached hydrogens (primary N) is 1. The summed E-state index contributed by atoms with van der Waals surface area (Å²) in [7, 11) is 1.68. The second-order valence-corrected chi connectivity index (χ2v) is 5.52. The van der Waals surface area contributed by atoms with Crippen molar-refractivity contribution in [2.75, 3.05) is 18.6 Å². The van der Waals surface area contributed by atoms with Crippen LogP contribution in [0.5, 0.6) is 5.75 Å². The van der Waals surface area contributed by atoms with Crippen molar-refractivity contribution in [3.8, 4) is 5.75 Å². The van der Waals surface area contributed by atoms with Gasteiger partial charge in [0, 0.05) is 5.39 Å². The predicted molar refractivity (Wildman–Crippen MR) is 78.6 cm³/mol. The number of nitrogen functional groups attached to an aromatic ring is 1. The minimum atomic E-state index is 0.550. The van der Waals surface area contributed by atoms with E-state index in [9.17, 15) is 0 Å². The van der Waals surface area contributed by atoms with E-state index in [-0.39, 0.29) is 0 Å². The quantitative estimate of drug-likeness (QED) is 0.859. The largest absolute Gasteiger partial charge is 0.495 e. The highest BCUT2D eigenvalue weighted by Gasteiger charge is 2.14. The number of fused-ring (bicyclic) bond motifs is 1. The standard InChI is InChI=1S/C14H18N2OS/c1-5-18-13-12(17-4)10-6-8(2)9(3)7-11(10)16-14(13)15/h6-7H,5H2,1-4H3,(H2,15,16). The van der Waals surface area contributed by atoms with Crippen LogP contribution < -0.4 is 10.5 Å². The van der Waals surface area contributed by atoms with E-state index in [1.807, 2.05) is 0 Å². The average Bonchev–Trinajstić information content (AvgIpc) is 2.33. The first-order valence-electron chi connectivity index (χ1n) is 5.95. The Bertz CT molecular complexity index is 596. The normalized spacial score (nSPS) is 10.9. The zero-order valence-corrected chi connectivity index (χ0v) is 12.0. The van der Waals surface area contributed by atoms with Gasteiger partial charge in [0.15, 0.2) is 0 Å². The van der Waals surface area contributed by atoms with Crippen LogP contribution >= 0.6 is 11.8 Å². The molecule has 0 radical (unpaired) electrons. The van der Waals surface area contributed by atoms with Gasteiger partial charge in [0.25, 0.3) is 0 Å². The van der Waals surface area contributed by atoms with Crippen molar-refractivity contribution in [3.05, 3.63) is 23.3 Å². The molecule has 18 heavy (non-hydrogen) atoms. The molecule has 0 fully saturated rings. The molecule has 1 heterocycles. The van der Waals surface area contributed by atoms with Crippen molar-refractivity contribution < 1.29 is 4.74 Å². The highest BCUT2D eigenvalue weighted by Crippen LogP contribution is 2.39. The summed E-state index contributed by atoms with van der Waals surface area (Å²) in [5.41, 5.74) is 9.37. The molecule has 1 aromatic carbocycles. The van der Waals surface area contributed by atoms with Crippen LogP contribution in [-0.2, 0) is 0 Å². The molecule has 0 aliphatic carbocycles. The third-order valence-corrected chi connectivity index (χ3v) is 4.00. The predicted octanol–water partition coefficient (Wildman–Crippen LogP) is 3.55. The Morgan fingerprint density at radius 2 is 1.94 bits per heavy atom. The van der Waals surface area contributed by atoms with Crippen LogP contribution in [0.3, 0.4) is 0 Å². The van der Waals surface area contributed by atoms with E-state index in [1.54, 1.807) is 18.9 Å². The lowest BCUT2D eigenvalue weighted by molar-refractivity contribution is 0.410. The third kappa shape index (κ3) is 2.12. The molecule has 2 N–H and O–H groups in total. The molecule has 0 spiro atoms. The number of aryl methyl sites for hydroxylation is 2. The minimum Gasteiger partial charge on any atom is -0.495 e. The van der Waals surface area contributed by atoms with Crippen LogP contribution in [0.15, 0.2) is 17.0 Å². The number of benzene rings is 1. The molecule has 0 aliphatic heterocycles. The lowest BCUT2D eigenvalue weighted by Gasteiger charge is -2.14. The van der Waals surface area contributed by atoms with Crippen molar-refractivity contribution >= 4 is 28.5 Å². The number of nitrogens with zero attached hydrogens (tertiary/aromatic N) is 1. The zero-order chi connectivity index (χ0) is 13.3. The molecule has 0 amide bonds. The molecule has 96 valence electrons. The second kappa shape index (κ2) is 5.06. The van der Waals surface area contributed by atoms with Crippen molar-refractivity contribution in [2.24, 2.45) is 0 Å². The molecule has 2 aromatic rings. The Kier molecular flexibility index (Phi) is 3.66. The maximum absolute atomic E-state index is 6.03. The number of rotatable bonds is 3. The topological polar surface area (TPSA) is 48.1 Å². The lowest BCUT2D eigenvalue weighted by atomic mass is 10.1. The minimum absolute atomic E-state index is 0.550. The number of hydrogen-bond acceptors (Lipinski definition) is 4. The molecule has 0 aliphatic rings. The van der Waals surface area contributed by atoms with E-state index in [1.165, 1.54) is 11.1 Å². The van der Waals surface area contributed by atoms with E-state index in [4.69, 9.17) is 10.5 Å². The molecule has 4 heteroatoms. The number of ether oxygens (including phenoxy) is 1. The van der Waals surface area contributed by atoms with Gasteiger partial charge in [0.2, 0.25) is 0 Å². The van der Waals surface area contributed by atoms with Gasteiger partial charge in [0.1, 0.15) is 11.6 Å². The fourth-order valence-electron chi connectivity index (χ4n) is 1.98. The maximum atomic E-state index is 6.03. The van der Waals surface area contributed by atoms with Crippen LogP contribution in [0.4, 0.5) is 5.82 Å². The third-order valence-electron chi connectivity index (χ3n) is 3.03. The van der Waals surface area contributed by atoms with Gasteiger partial charge >= 0.3 is 0 Å². The van der Waals surface area contributed by atoms with Gasteiger partial charge in [-0.3, -0.25) is 0 Å². The van der Waals surface area contributed by atoms with Gasteiger partial charge in [-0.2, -0.15) is 0 Å². The SMILES string of the molecule is CCSc1c(N)nc2cc(C)c(C)cc2c1OC. The second-order valence-electron chi connectivity index (χ2n) is 4.25. The highest BCUT2D eigenvalue weighted by atomic mass is 32.2. The smallest absolute Gasteiger partial charge is 0.145 e. The summed E-state index contributed by atoms with van der Waals surface area (Å²) in [6, 6.07) is 4.18. The monoisotopic (exact) mass is 262 g/mol.